The quantitative estimate of drug-likeness (QED) is 0.148. The lowest BCUT2D eigenvalue weighted by Crippen LogP contribution is -2.45. The normalized spacial score (nSPS) is 24.0. The van der Waals surface area contributed by atoms with Crippen molar-refractivity contribution in [2.75, 3.05) is 27.3 Å². The van der Waals surface area contributed by atoms with Gasteiger partial charge in [0, 0.05) is 61.6 Å². The third kappa shape index (κ3) is 7.75. The van der Waals surface area contributed by atoms with Crippen LogP contribution in [0.2, 0.25) is 0 Å². The van der Waals surface area contributed by atoms with E-state index in [1.807, 2.05) is 49.9 Å². The second kappa shape index (κ2) is 16.9. The number of ether oxygens (including phenoxy) is 2. The summed E-state index contributed by atoms with van der Waals surface area (Å²) in [6.45, 7) is 9.34. The number of amides is 2. The lowest BCUT2D eigenvalue weighted by Gasteiger charge is -2.30. The standard InChI is InChI=1S/C49H58N4O6/c1-28(2)38(24-44(54)58-5)48(56)52-19-7-9-42(52)40-22-34(26-50-40)30-11-13-31(14-12-30)36-17-18-37(47-33-16-15-32(21-33)46(36)47)35-23-41(51-27-35)43-10-8-20-53(43)49(57)39(29(3)4)25-45(55)59-6/h11-18,26-29,32-33,38-39,42-43H,7-10,19-25H2,1-6H3/t32?,33?,38-,39+,42-,43-/m0/s1. The second-order valence-electron chi connectivity index (χ2n) is 17.9. The van der Waals surface area contributed by atoms with Crippen molar-refractivity contribution >= 4 is 46.3 Å². The van der Waals surface area contributed by atoms with E-state index in [4.69, 9.17) is 19.5 Å². The summed E-state index contributed by atoms with van der Waals surface area (Å²) in [5.41, 5.74) is 12.1. The van der Waals surface area contributed by atoms with E-state index in [1.165, 1.54) is 47.6 Å². The molecular formula is C49H58N4O6. The van der Waals surface area contributed by atoms with Crippen molar-refractivity contribution in [3.05, 3.63) is 83.2 Å². The Balaban J connectivity index is 0.954. The van der Waals surface area contributed by atoms with Crippen LogP contribution in [0.15, 0.2) is 70.9 Å². The number of hydrogen-bond acceptors (Lipinski definition) is 8. The van der Waals surface area contributed by atoms with Crippen LogP contribution in [-0.2, 0) is 28.7 Å². The Kier molecular flexibility index (Phi) is 11.6. The number of allylic oxidation sites excluding steroid dienone is 4. The summed E-state index contributed by atoms with van der Waals surface area (Å²) in [4.78, 5) is 65.7. The van der Waals surface area contributed by atoms with E-state index in [0.29, 0.717) is 31.3 Å². The molecule has 0 spiro atoms. The minimum absolute atomic E-state index is 0.0218. The average Bonchev–Trinajstić information content (AvgIpc) is 4.10. The number of aliphatic imine (C=N–C) groups is 2. The summed E-state index contributed by atoms with van der Waals surface area (Å²) in [6.07, 6.45) is 15.1. The molecule has 10 heteroatoms. The Bertz CT molecular complexity index is 2180. The lowest BCUT2D eigenvalue weighted by atomic mass is 9.83. The van der Waals surface area contributed by atoms with Crippen molar-refractivity contribution in [1.29, 1.82) is 0 Å². The van der Waals surface area contributed by atoms with Crippen LogP contribution in [-0.4, -0.2) is 84.4 Å². The number of methoxy groups -OCH3 is 2. The third-order valence-corrected chi connectivity index (χ3v) is 13.9. The summed E-state index contributed by atoms with van der Waals surface area (Å²) in [5, 5.41) is 0. The maximum atomic E-state index is 13.8. The van der Waals surface area contributed by atoms with Gasteiger partial charge in [-0.2, -0.15) is 0 Å². The molecule has 59 heavy (non-hydrogen) atoms. The molecule has 2 aromatic carbocycles. The first-order valence-electron chi connectivity index (χ1n) is 21.7. The number of benzene rings is 2. The molecule has 0 saturated carbocycles. The van der Waals surface area contributed by atoms with Gasteiger partial charge in [0.25, 0.3) is 0 Å². The molecule has 4 heterocycles. The van der Waals surface area contributed by atoms with E-state index in [2.05, 4.69) is 48.6 Å². The Labute approximate surface area is 348 Å². The third-order valence-electron chi connectivity index (χ3n) is 13.9. The Hall–Kier alpha value is -5.12. The predicted molar refractivity (Wildman–Crippen MR) is 231 cm³/mol. The number of esters is 2. The van der Waals surface area contributed by atoms with Crippen LogP contribution in [0.1, 0.15) is 120 Å². The molecule has 2 saturated heterocycles. The van der Waals surface area contributed by atoms with Crippen LogP contribution >= 0.6 is 0 Å². The highest BCUT2D eigenvalue weighted by Crippen LogP contribution is 2.54. The number of carbonyl (C=O) groups is 4. The molecule has 6 atom stereocenters. The second-order valence-corrected chi connectivity index (χ2v) is 17.9. The highest BCUT2D eigenvalue weighted by Gasteiger charge is 2.42. The molecule has 310 valence electrons. The summed E-state index contributed by atoms with van der Waals surface area (Å²) < 4.78 is 9.84. The molecule has 2 aromatic rings. The first kappa shape index (κ1) is 40.7. The molecule has 10 nitrogen and oxygen atoms in total. The van der Waals surface area contributed by atoms with Crippen molar-refractivity contribution in [2.24, 2.45) is 33.7 Å². The maximum Gasteiger partial charge on any atom is 0.306 e. The molecular weight excluding hydrogens is 741 g/mol. The van der Waals surface area contributed by atoms with Gasteiger partial charge >= 0.3 is 11.9 Å². The van der Waals surface area contributed by atoms with Crippen LogP contribution in [0.5, 0.6) is 0 Å². The van der Waals surface area contributed by atoms with Gasteiger partial charge in [-0.05, 0) is 88.5 Å². The first-order valence-corrected chi connectivity index (χ1v) is 21.7. The molecule has 4 aliphatic heterocycles. The van der Waals surface area contributed by atoms with Gasteiger partial charge in [0.2, 0.25) is 11.8 Å². The lowest BCUT2D eigenvalue weighted by molar-refractivity contribution is -0.148. The number of fused-ring (bicyclic) bond motifs is 5. The van der Waals surface area contributed by atoms with Crippen molar-refractivity contribution in [2.45, 2.75) is 109 Å². The van der Waals surface area contributed by atoms with Gasteiger partial charge in [0.05, 0.1) is 51.0 Å². The number of likely N-dealkylation sites (tertiary alicyclic amines) is 2. The molecule has 0 radical (unpaired) electrons. The van der Waals surface area contributed by atoms with Gasteiger partial charge in [0.15, 0.2) is 0 Å². The monoisotopic (exact) mass is 798 g/mol. The van der Waals surface area contributed by atoms with Gasteiger partial charge in [-0.15, -0.1) is 0 Å². The van der Waals surface area contributed by atoms with Crippen molar-refractivity contribution in [3.8, 4) is 11.1 Å². The van der Waals surface area contributed by atoms with Gasteiger partial charge in [-0.3, -0.25) is 29.2 Å². The summed E-state index contributed by atoms with van der Waals surface area (Å²) in [5.74, 6) is -0.649. The van der Waals surface area contributed by atoms with Crippen LogP contribution in [0.3, 0.4) is 0 Å². The number of hydrogen-bond donors (Lipinski definition) is 0. The van der Waals surface area contributed by atoms with E-state index in [0.717, 1.165) is 61.1 Å². The molecule has 2 fully saturated rings. The smallest absolute Gasteiger partial charge is 0.306 e. The molecule has 2 amide bonds. The zero-order valence-corrected chi connectivity index (χ0v) is 35.4. The number of carbonyl (C=O) groups excluding carboxylic acids is 4. The molecule has 2 unspecified atom stereocenters. The van der Waals surface area contributed by atoms with Gasteiger partial charge < -0.3 is 19.3 Å². The van der Waals surface area contributed by atoms with E-state index < -0.39 is 11.8 Å². The zero-order chi connectivity index (χ0) is 41.5. The average molecular weight is 799 g/mol. The first-order chi connectivity index (χ1) is 28.5. The summed E-state index contributed by atoms with van der Waals surface area (Å²) in [7, 11) is 2.75. The van der Waals surface area contributed by atoms with Crippen LogP contribution in [0.25, 0.3) is 22.3 Å². The summed E-state index contributed by atoms with van der Waals surface area (Å²) in [6, 6.07) is 13.3. The highest BCUT2D eigenvalue weighted by molar-refractivity contribution is 6.05. The fraction of sp³-hybridized carbons (Fsp3) is 0.510. The van der Waals surface area contributed by atoms with E-state index >= 15 is 0 Å². The van der Waals surface area contributed by atoms with Gasteiger partial charge in [0.1, 0.15) is 0 Å². The van der Waals surface area contributed by atoms with Crippen LogP contribution in [0, 0.1) is 23.7 Å². The summed E-state index contributed by atoms with van der Waals surface area (Å²) >= 11 is 0. The molecule has 2 aliphatic carbocycles. The minimum Gasteiger partial charge on any atom is -0.469 e. The number of rotatable bonds is 13. The zero-order valence-electron chi connectivity index (χ0n) is 35.4. The van der Waals surface area contributed by atoms with Gasteiger partial charge in [-0.1, -0.05) is 76.2 Å². The van der Waals surface area contributed by atoms with Crippen molar-refractivity contribution in [1.82, 2.24) is 9.80 Å². The fourth-order valence-electron chi connectivity index (χ4n) is 10.5. The maximum absolute atomic E-state index is 13.8. The predicted octanol–water partition coefficient (Wildman–Crippen LogP) is 8.52. The number of nitrogens with zero attached hydrogens (tertiary/aromatic N) is 4. The Morgan fingerprint density at radius 2 is 1.10 bits per heavy atom. The minimum atomic E-state index is -0.408. The van der Waals surface area contributed by atoms with Crippen LogP contribution < -0.4 is 0 Å². The molecule has 0 N–H and O–H groups in total. The fourth-order valence-corrected chi connectivity index (χ4v) is 10.5. The Morgan fingerprint density at radius 1 is 0.644 bits per heavy atom. The molecule has 8 rings (SSSR count). The molecule has 2 bridgehead atoms. The topological polar surface area (TPSA) is 118 Å². The van der Waals surface area contributed by atoms with Gasteiger partial charge in [-0.25, -0.2) is 0 Å². The van der Waals surface area contributed by atoms with E-state index in [9.17, 15) is 19.2 Å². The highest BCUT2D eigenvalue weighted by atomic mass is 16.5. The van der Waals surface area contributed by atoms with E-state index in [1.54, 1.807) is 0 Å². The van der Waals surface area contributed by atoms with E-state index in [-0.39, 0.29) is 60.5 Å². The van der Waals surface area contributed by atoms with Crippen molar-refractivity contribution < 1.29 is 28.7 Å². The molecule has 0 aromatic heterocycles. The molecule has 6 aliphatic rings. The Morgan fingerprint density at radius 3 is 1.61 bits per heavy atom. The SMILES string of the molecule is COC(=O)C[C@H](C(=O)N1CCC[C@H]1C1=NC=C(c2ccc(-c3ccc(C4=CN=C([C@@H]5CCCN5C(=O)[C@H](CC(=O)OC)C(C)C)C4)c4c3C3C=CC4C3)cc2)C1)C(C)C. The van der Waals surface area contributed by atoms with Crippen molar-refractivity contribution in [3.63, 3.8) is 0 Å². The largest absolute Gasteiger partial charge is 0.469 e. The van der Waals surface area contributed by atoms with Crippen LogP contribution in [0.4, 0.5) is 0 Å².